The average molecular weight is 339 g/mol. The molecule has 0 aliphatic rings. The molecule has 3 rings (SSSR count). The molecule has 1 heterocycles. The van der Waals surface area contributed by atoms with E-state index in [-0.39, 0.29) is 0 Å². The number of hydrogen-bond acceptors (Lipinski definition) is 4. The largest absolute Gasteiger partial charge is 0.493 e. The molecule has 4 nitrogen and oxygen atoms in total. The Hall–Kier alpha value is -2.66. The average Bonchev–Trinajstić information content (AvgIpc) is 3.00. The van der Waals surface area contributed by atoms with Crippen molar-refractivity contribution in [1.29, 1.82) is 0 Å². The number of nitrogens with zero attached hydrogens (tertiary/aromatic N) is 1. The number of carboxylic acids is 1. The predicted octanol–water partition coefficient (Wildman–Crippen LogP) is 4.05. The highest BCUT2D eigenvalue weighted by molar-refractivity contribution is 7.13. The minimum atomic E-state index is -0.923. The second-order valence-electron chi connectivity index (χ2n) is 5.26. The Balaban J connectivity index is 1.68. The minimum Gasteiger partial charge on any atom is -0.493 e. The molecule has 0 radical (unpaired) electrons. The predicted molar refractivity (Wildman–Crippen MR) is 94.0 cm³/mol. The fourth-order valence-corrected chi connectivity index (χ4v) is 3.26. The van der Waals surface area contributed by atoms with Crippen LogP contribution in [0.15, 0.2) is 60.7 Å². The van der Waals surface area contributed by atoms with Gasteiger partial charge < -0.3 is 9.84 Å². The van der Waals surface area contributed by atoms with Crippen molar-refractivity contribution >= 4 is 17.3 Å². The molecule has 122 valence electrons. The van der Waals surface area contributed by atoms with Gasteiger partial charge in [0.1, 0.15) is 10.6 Å². The molecule has 24 heavy (non-hydrogen) atoms. The van der Waals surface area contributed by atoms with E-state index in [0.29, 0.717) is 30.0 Å². The second-order valence-corrected chi connectivity index (χ2v) is 6.35. The topological polar surface area (TPSA) is 59.4 Å². The van der Waals surface area contributed by atoms with Gasteiger partial charge in [0.25, 0.3) is 0 Å². The first kappa shape index (κ1) is 16.2. The van der Waals surface area contributed by atoms with E-state index in [1.54, 1.807) is 0 Å². The third kappa shape index (κ3) is 4.20. The Morgan fingerprint density at radius 2 is 1.71 bits per heavy atom. The van der Waals surface area contributed by atoms with E-state index in [0.717, 1.165) is 16.3 Å². The summed E-state index contributed by atoms with van der Waals surface area (Å²) in [5, 5.41) is 10.2. The normalized spacial score (nSPS) is 10.5. The van der Waals surface area contributed by atoms with Gasteiger partial charge in [-0.05, 0) is 17.7 Å². The first-order chi connectivity index (χ1) is 11.7. The van der Waals surface area contributed by atoms with E-state index in [2.05, 4.69) is 4.98 Å². The fourth-order valence-electron chi connectivity index (χ4n) is 2.36. The zero-order chi connectivity index (χ0) is 16.8. The van der Waals surface area contributed by atoms with E-state index in [1.165, 1.54) is 11.3 Å². The Morgan fingerprint density at radius 3 is 2.38 bits per heavy atom. The van der Waals surface area contributed by atoms with Gasteiger partial charge in [-0.25, -0.2) is 9.78 Å². The van der Waals surface area contributed by atoms with Crippen LogP contribution in [0.3, 0.4) is 0 Å². The quantitative estimate of drug-likeness (QED) is 0.705. The standard InChI is InChI=1S/C19H17NO3S/c21-19(22)18-16(13-14-7-3-1-4-8-14)20-17(24-18)11-12-23-15-9-5-2-6-10-15/h1-10H,11-13H2,(H,21,22). The van der Waals surface area contributed by atoms with Crippen LogP contribution < -0.4 is 4.74 Å². The molecule has 1 N–H and O–H groups in total. The molecule has 0 aliphatic carbocycles. The van der Waals surface area contributed by atoms with Crippen molar-refractivity contribution in [1.82, 2.24) is 4.98 Å². The van der Waals surface area contributed by atoms with Gasteiger partial charge in [0, 0.05) is 12.8 Å². The van der Waals surface area contributed by atoms with E-state index in [9.17, 15) is 9.90 Å². The lowest BCUT2D eigenvalue weighted by Gasteiger charge is -2.03. The van der Waals surface area contributed by atoms with Crippen LogP contribution >= 0.6 is 11.3 Å². The van der Waals surface area contributed by atoms with Gasteiger partial charge in [-0.3, -0.25) is 0 Å². The zero-order valence-electron chi connectivity index (χ0n) is 13.0. The summed E-state index contributed by atoms with van der Waals surface area (Å²) < 4.78 is 5.66. The molecule has 0 spiro atoms. The van der Waals surface area contributed by atoms with Crippen LogP contribution in [0, 0.1) is 0 Å². The number of carbonyl (C=O) groups is 1. The van der Waals surface area contributed by atoms with Gasteiger partial charge in [0.15, 0.2) is 0 Å². The zero-order valence-corrected chi connectivity index (χ0v) is 13.8. The lowest BCUT2D eigenvalue weighted by Crippen LogP contribution is -2.01. The summed E-state index contributed by atoms with van der Waals surface area (Å²) in [7, 11) is 0. The molecule has 0 saturated carbocycles. The van der Waals surface area contributed by atoms with Gasteiger partial charge in [0.2, 0.25) is 0 Å². The molecule has 5 heteroatoms. The minimum absolute atomic E-state index is 0.313. The maximum Gasteiger partial charge on any atom is 0.347 e. The number of rotatable bonds is 7. The first-order valence-corrected chi connectivity index (χ1v) is 8.47. The van der Waals surface area contributed by atoms with Crippen molar-refractivity contribution in [3.8, 4) is 5.75 Å². The fraction of sp³-hybridized carbons (Fsp3) is 0.158. The molecule has 0 unspecified atom stereocenters. The van der Waals surface area contributed by atoms with Gasteiger partial charge in [-0.2, -0.15) is 0 Å². The maximum atomic E-state index is 11.5. The number of hydrogen-bond donors (Lipinski definition) is 1. The first-order valence-electron chi connectivity index (χ1n) is 7.66. The van der Waals surface area contributed by atoms with E-state index in [1.807, 2.05) is 60.7 Å². The van der Waals surface area contributed by atoms with E-state index < -0.39 is 5.97 Å². The number of thiazole rings is 1. The molecule has 2 aromatic carbocycles. The van der Waals surface area contributed by atoms with Crippen LogP contribution in [0.1, 0.15) is 25.9 Å². The van der Waals surface area contributed by atoms with Crippen molar-refractivity contribution in [2.24, 2.45) is 0 Å². The summed E-state index contributed by atoms with van der Waals surface area (Å²) in [5.74, 6) is -0.120. The highest BCUT2D eigenvalue weighted by Crippen LogP contribution is 2.22. The summed E-state index contributed by atoms with van der Waals surface area (Å²) in [5.41, 5.74) is 1.67. The van der Waals surface area contributed by atoms with E-state index in [4.69, 9.17) is 4.74 Å². The molecular weight excluding hydrogens is 322 g/mol. The molecule has 3 aromatic rings. The lowest BCUT2D eigenvalue weighted by molar-refractivity contribution is 0.0701. The van der Waals surface area contributed by atoms with Crippen molar-refractivity contribution in [3.63, 3.8) is 0 Å². The SMILES string of the molecule is O=C(O)c1sc(CCOc2ccccc2)nc1Cc1ccccc1. The Kier molecular flexibility index (Phi) is 5.23. The number of para-hydroxylation sites is 1. The number of aromatic carboxylic acids is 1. The second kappa shape index (κ2) is 7.75. The van der Waals surface area contributed by atoms with Crippen LogP contribution in [-0.4, -0.2) is 22.7 Å². The molecule has 0 amide bonds. The van der Waals surface area contributed by atoms with E-state index >= 15 is 0 Å². The van der Waals surface area contributed by atoms with Crippen molar-refractivity contribution < 1.29 is 14.6 Å². The van der Waals surface area contributed by atoms with Gasteiger partial charge in [-0.15, -0.1) is 11.3 Å². The number of aromatic nitrogens is 1. The number of ether oxygens (including phenoxy) is 1. The molecule has 0 aliphatic heterocycles. The lowest BCUT2D eigenvalue weighted by atomic mass is 10.1. The summed E-state index contributed by atoms with van der Waals surface area (Å²) in [6, 6.07) is 19.3. The molecule has 0 atom stereocenters. The summed E-state index contributed by atoms with van der Waals surface area (Å²) >= 11 is 1.23. The molecule has 0 bridgehead atoms. The van der Waals surface area contributed by atoms with Crippen molar-refractivity contribution in [2.75, 3.05) is 6.61 Å². The smallest absolute Gasteiger partial charge is 0.347 e. The number of carboxylic acid groups (broad SMARTS) is 1. The number of benzene rings is 2. The summed E-state index contributed by atoms with van der Waals surface area (Å²) in [6.45, 7) is 0.474. The van der Waals surface area contributed by atoms with Gasteiger partial charge in [0.05, 0.1) is 17.3 Å². The third-order valence-electron chi connectivity index (χ3n) is 3.48. The Morgan fingerprint density at radius 1 is 1.04 bits per heavy atom. The molecular formula is C19H17NO3S. The highest BCUT2D eigenvalue weighted by Gasteiger charge is 2.17. The maximum absolute atomic E-state index is 11.5. The van der Waals surface area contributed by atoms with Crippen LogP contribution in [-0.2, 0) is 12.8 Å². The summed E-state index contributed by atoms with van der Waals surface area (Å²) in [4.78, 5) is 16.3. The van der Waals surface area contributed by atoms with Crippen molar-refractivity contribution in [3.05, 3.63) is 81.8 Å². The van der Waals surface area contributed by atoms with Crippen LogP contribution in [0.5, 0.6) is 5.75 Å². The van der Waals surface area contributed by atoms with Crippen molar-refractivity contribution in [2.45, 2.75) is 12.8 Å². The molecule has 0 fully saturated rings. The molecule has 1 aromatic heterocycles. The van der Waals surface area contributed by atoms with Crippen LogP contribution in [0.4, 0.5) is 0 Å². The molecule has 0 saturated heterocycles. The Labute approximate surface area is 144 Å². The summed E-state index contributed by atoms with van der Waals surface area (Å²) in [6.07, 6.45) is 1.12. The van der Waals surface area contributed by atoms with Gasteiger partial charge >= 0.3 is 5.97 Å². The Bertz CT molecular complexity index is 800. The van der Waals surface area contributed by atoms with Crippen LogP contribution in [0.2, 0.25) is 0 Å². The monoisotopic (exact) mass is 339 g/mol. The third-order valence-corrected chi connectivity index (χ3v) is 4.62. The van der Waals surface area contributed by atoms with Gasteiger partial charge in [-0.1, -0.05) is 48.5 Å². The highest BCUT2D eigenvalue weighted by atomic mass is 32.1. The van der Waals surface area contributed by atoms with Crippen LogP contribution in [0.25, 0.3) is 0 Å².